The third-order valence-corrected chi connectivity index (χ3v) is 8.32. The maximum Gasteiger partial charge on any atom is 0.256 e. The summed E-state index contributed by atoms with van der Waals surface area (Å²) in [4.78, 5) is 17.7. The number of carbonyl (C=O) groups is 1. The van der Waals surface area contributed by atoms with Crippen molar-refractivity contribution in [2.45, 2.75) is 24.9 Å². The van der Waals surface area contributed by atoms with Crippen molar-refractivity contribution >= 4 is 27.4 Å². The molecule has 1 saturated heterocycles. The Morgan fingerprint density at radius 1 is 0.971 bits per heavy atom. The van der Waals surface area contributed by atoms with E-state index in [1.807, 2.05) is 31.2 Å². The molecule has 10 heteroatoms. The number of carbonyl (C=O) groups excluding carboxylic acids is 1. The number of likely N-dealkylation sites (N-methyl/N-ethyl adjacent to an activating group) is 1. The normalized spacial score (nSPS) is 17.1. The number of amides is 1. The number of aryl methyl sites for hydroxylation is 1. The van der Waals surface area contributed by atoms with Gasteiger partial charge in [0.25, 0.3) is 5.91 Å². The van der Waals surface area contributed by atoms with E-state index in [1.54, 1.807) is 24.3 Å². The van der Waals surface area contributed by atoms with Gasteiger partial charge in [-0.3, -0.25) is 9.89 Å². The highest BCUT2D eigenvalue weighted by molar-refractivity contribution is 7.89. The van der Waals surface area contributed by atoms with Crippen LogP contribution in [0.4, 0.5) is 11.5 Å². The quantitative estimate of drug-likeness (QED) is 0.582. The van der Waals surface area contributed by atoms with Crippen molar-refractivity contribution in [2.24, 2.45) is 0 Å². The number of nitrogens with one attached hydrogen (secondary N) is 2. The molecule has 178 valence electrons. The molecule has 34 heavy (non-hydrogen) atoms. The number of anilines is 2. The Balaban J connectivity index is 1.26. The van der Waals surface area contributed by atoms with Crippen LogP contribution in [0, 0.1) is 6.92 Å². The molecule has 0 bridgehead atoms. The van der Waals surface area contributed by atoms with Gasteiger partial charge in [0, 0.05) is 49.5 Å². The highest BCUT2D eigenvalue weighted by atomic mass is 32.2. The summed E-state index contributed by atoms with van der Waals surface area (Å²) in [6.45, 7) is 6.21. The van der Waals surface area contributed by atoms with Crippen molar-refractivity contribution in [3.05, 3.63) is 70.9 Å². The minimum atomic E-state index is -3.64. The van der Waals surface area contributed by atoms with Crippen molar-refractivity contribution in [1.82, 2.24) is 19.4 Å². The molecule has 5 rings (SSSR count). The zero-order chi connectivity index (χ0) is 23.9. The van der Waals surface area contributed by atoms with Crippen molar-refractivity contribution in [1.29, 1.82) is 0 Å². The van der Waals surface area contributed by atoms with E-state index in [0.29, 0.717) is 22.6 Å². The summed E-state index contributed by atoms with van der Waals surface area (Å²) in [6, 6.07) is 14.3. The molecule has 2 N–H and O–H groups in total. The van der Waals surface area contributed by atoms with Crippen molar-refractivity contribution in [3.63, 3.8) is 0 Å². The van der Waals surface area contributed by atoms with Crippen LogP contribution in [-0.2, 0) is 23.1 Å². The fraction of sp³-hybridized carbons (Fsp3) is 0.333. The van der Waals surface area contributed by atoms with Crippen LogP contribution in [0.25, 0.3) is 0 Å². The van der Waals surface area contributed by atoms with Gasteiger partial charge in [0.2, 0.25) is 10.0 Å². The average molecular weight is 481 g/mol. The molecule has 0 spiro atoms. The predicted octanol–water partition coefficient (Wildman–Crippen LogP) is 2.43. The van der Waals surface area contributed by atoms with Crippen molar-refractivity contribution in [2.75, 3.05) is 43.4 Å². The lowest BCUT2D eigenvalue weighted by Crippen LogP contribution is -2.44. The standard InChI is InChI=1S/C24H28N6O3S/c1-17-3-9-20(10-4-17)34(32,33)30-15-21-22(16-30)26-27-23(21)25-24(31)18-5-7-19(8-6-18)29-13-11-28(2)12-14-29/h3-10H,11-16H2,1-2H3,(H2,25,26,27,31). The monoisotopic (exact) mass is 480 g/mol. The molecule has 3 heterocycles. The Morgan fingerprint density at radius 2 is 1.65 bits per heavy atom. The van der Waals surface area contributed by atoms with E-state index in [9.17, 15) is 13.2 Å². The van der Waals surface area contributed by atoms with Crippen LogP contribution in [0.1, 0.15) is 27.2 Å². The van der Waals surface area contributed by atoms with Gasteiger partial charge in [-0.1, -0.05) is 17.7 Å². The number of sulfonamides is 1. The van der Waals surface area contributed by atoms with Crippen LogP contribution in [0.3, 0.4) is 0 Å². The topological polar surface area (TPSA) is 102 Å². The predicted molar refractivity (Wildman–Crippen MR) is 130 cm³/mol. The minimum Gasteiger partial charge on any atom is -0.369 e. The first-order chi connectivity index (χ1) is 16.3. The molecule has 2 aliphatic heterocycles. The Bertz CT molecular complexity index is 1290. The highest BCUT2D eigenvalue weighted by Crippen LogP contribution is 2.32. The summed E-state index contributed by atoms with van der Waals surface area (Å²) in [6.07, 6.45) is 0. The summed E-state index contributed by atoms with van der Waals surface area (Å²) >= 11 is 0. The average Bonchev–Trinajstić information content (AvgIpc) is 3.42. The summed E-state index contributed by atoms with van der Waals surface area (Å²) in [5.74, 6) is 0.0869. The van der Waals surface area contributed by atoms with E-state index in [1.165, 1.54) is 4.31 Å². The van der Waals surface area contributed by atoms with Gasteiger partial charge in [0.05, 0.1) is 17.1 Å². The van der Waals surface area contributed by atoms with Crippen molar-refractivity contribution < 1.29 is 13.2 Å². The maximum atomic E-state index is 13.0. The molecule has 2 aliphatic rings. The largest absolute Gasteiger partial charge is 0.369 e. The third kappa shape index (κ3) is 4.31. The number of hydrogen-bond acceptors (Lipinski definition) is 6. The smallest absolute Gasteiger partial charge is 0.256 e. The molecule has 2 aromatic carbocycles. The zero-order valence-electron chi connectivity index (χ0n) is 19.3. The number of benzene rings is 2. The van der Waals surface area contributed by atoms with Crippen LogP contribution in [0.5, 0.6) is 0 Å². The Morgan fingerprint density at radius 3 is 2.32 bits per heavy atom. The van der Waals surface area contributed by atoms with Gasteiger partial charge in [-0.15, -0.1) is 0 Å². The fourth-order valence-corrected chi connectivity index (χ4v) is 5.69. The van der Waals surface area contributed by atoms with E-state index in [4.69, 9.17) is 0 Å². The Hall–Kier alpha value is -3.21. The van der Waals surface area contributed by atoms with Gasteiger partial charge < -0.3 is 15.1 Å². The van der Waals surface area contributed by atoms with E-state index >= 15 is 0 Å². The van der Waals surface area contributed by atoms with Gasteiger partial charge in [-0.05, 0) is 50.4 Å². The first kappa shape index (κ1) is 22.6. The lowest BCUT2D eigenvalue weighted by molar-refractivity contribution is 0.102. The molecule has 0 aliphatic carbocycles. The minimum absolute atomic E-state index is 0.153. The fourth-order valence-electron chi connectivity index (χ4n) is 4.31. The Labute approximate surface area is 199 Å². The van der Waals surface area contributed by atoms with E-state index < -0.39 is 10.0 Å². The first-order valence-electron chi connectivity index (χ1n) is 11.3. The van der Waals surface area contributed by atoms with Gasteiger partial charge in [-0.25, -0.2) is 8.42 Å². The number of nitrogens with zero attached hydrogens (tertiary/aromatic N) is 4. The third-order valence-electron chi connectivity index (χ3n) is 6.51. The van der Waals surface area contributed by atoms with Crippen LogP contribution >= 0.6 is 0 Å². The van der Waals surface area contributed by atoms with E-state index in [2.05, 4.69) is 32.4 Å². The second-order valence-electron chi connectivity index (χ2n) is 8.91. The molecule has 1 fully saturated rings. The lowest BCUT2D eigenvalue weighted by atomic mass is 10.1. The molecule has 9 nitrogen and oxygen atoms in total. The summed E-state index contributed by atoms with van der Waals surface area (Å²) in [5, 5.41) is 9.93. The molecule has 0 radical (unpaired) electrons. The van der Waals surface area contributed by atoms with Crippen LogP contribution in [0.15, 0.2) is 53.4 Å². The molecule has 0 saturated carbocycles. The van der Waals surface area contributed by atoms with Gasteiger partial charge in [0.15, 0.2) is 5.82 Å². The molecule has 3 aromatic rings. The van der Waals surface area contributed by atoms with E-state index in [-0.39, 0.29) is 23.9 Å². The number of piperazine rings is 1. The summed E-state index contributed by atoms with van der Waals surface area (Å²) in [5.41, 5.74) is 4.00. The van der Waals surface area contributed by atoms with Gasteiger partial charge in [0.1, 0.15) is 0 Å². The summed E-state index contributed by atoms with van der Waals surface area (Å²) < 4.78 is 27.5. The zero-order valence-corrected chi connectivity index (χ0v) is 20.1. The first-order valence-corrected chi connectivity index (χ1v) is 12.7. The van der Waals surface area contributed by atoms with Gasteiger partial charge >= 0.3 is 0 Å². The van der Waals surface area contributed by atoms with Crippen LogP contribution in [0.2, 0.25) is 0 Å². The van der Waals surface area contributed by atoms with Crippen LogP contribution in [-0.4, -0.2) is 67.0 Å². The van der Waals surface area contributed by atoms with Crippen molar-refractivity contribution in [3.8, 4) is 0 Å². The Kier molecular flexibility index (Phi) is 5.88. The second-order valence-corrected chi connectivity index (χ2v) is 10.8. The number of hydrogen-bond donors (Lipinski definition) is 2. The summed E-state index contributed by atoms with van der Waals surface area (Å²) in [7, 11) is -1.53. The van der Waals surface area contributed by atoms with Gasteiger partial charge in [-0.2, -0.15) is 9.40 Å². The molecule has 0 atom stereocenters. The molecule has 1 amide bonds. The maximum absolute atomic E-state index is 13.0. The number of H-pyrrole nitrogens is 1. The number of rotatable bonds is 5. The number of aromatic amines is 1. The molecular formula is C24H28N6O3S. The molecule has 0 unspecified atom stereocenters. The van der Waals surface area contributed by atoms with Crippen LogP contribution < -0.4 is 10.2 Å². The molecule has 1 aromatic heterocycles. The SMILES string of the molecule is Cc1ccc(S(=O)(=O)N2Cc3[nH]nc(NC(=O)c4ccc(N5CCN(C)CC5)cc4)c3C2)cc1. The number of aromatic nitrogens is 2. The highest BCUT2D eigenvalue weighted by Gasteiger charge is 2.34. The second kappa shape index (κ2) is 8.86. The number of fused-ring (bicyclic) bond motifs is 1. The molecular weight excluding hydrogens is 452 g/mol. The lowest BCUT2D eigenvalue weighted by Gasteiger charge is -2.34. The van der Waals surface area contributed by atoms with E-state index in [0.717, 1.165) is 37.4 Å².